The Balaban J connectivity index is 1.80. The van der Waals surface area contributed by atoms with Crippen LogP contribution < -0.4 is 15.8 Å². The van der Waals surface area contributed by atoms with Crippen molar-refractivity contribution in [3.05, 3.63) is 53.9 Å². The summed E-state index contributed by atoms with van der Waals surface area (Å²) in [4.78, 5) is 42.1. The van der Waals surface area contributed by atoms with Crippen LogP contribution in [0, 0.1) is 0 Å². The average molecular weight is 382 g/mol. The number of carbonyl (C=O) groups excluding carboxylic acids is 3. The van der Waals surface area contributed by atoms with Gasteiger partial charge in [-0.1, -0.05) is 18.2 Å². The number of hydrogen-bond donors (Lipinski definition) is 2. The molecule has 0 unspecified atom stereocenters. The second kappa shape index (κ2) is 8.51. The molecule has 2 aromatic rings. The van der Waals surface area contributed by atoms with Crippen LogP contribution in [0.1, 0.15) is 41.2 Å². The van der Waals surface area contributed by atoms with E-state index in [1.807, 2.05) is 24.3 Å². The van der Waals surface area contributed by atoms with Crippen LogP contribution in [0.2, 0.25) is 0 Å². The number of para-hydroxylation sites is 1. The number of nitrogens with two attached hydrogens (primary N) is 1. The first kappa shape index (κ1) is 19.3. The Bertz CT molecular complexity index is 899. The Kier molecular flexibility index (Phi) is 5.88. The summed E-state index contributed by atoms with van der Waals surface area (Å²) in [6, 6.07) is 8.65. The molecule has 8 nitrogen and oxygen atoms in total. The van der Waals surface area contributed by atoms with Crippen LogP contribution in [0.5, 0.6) is 5.75 Å². The van der Waals surface area contributed by atoms with Crippen LogP contribution in [0.4, 0.5) is 5.69 Å². The number of nitrogens with one attached hydrogen (secondary N) is 1. The molecule has 0 spiro atoms. The number of methoxy groups -OCH3 is 1. The summed E-state index contributed by atoms with van der Waals surface area (Å²) in [5.41, 5.74) is 6.48. The summed E-state index contributed by atoms with van der Waals surface area (Å²) in [6.07, 6.45) is 5.17. The van der Waals surface area contributed by atoms with Gasteiger partial charge in [0, 0.05) is 18.3 Å². The first-order valence-corrected chi connectivity index (χ1v) is 9.01. The molecule has 3 amide bonds. The molecule has 0 bridgehead atoms. The zero-order valence-corrected chi connectivity index (χ0v) is 15.6. The Morgan fingerprint density at radius 1 is 1.21 bits per heavy atom. The second-order valence-corrected chi connectivity index (χ2v) is 6.53. The molecular formula is C20H22N4O4. The minimum Gasteiger partial charge on any atom is -0.496 e. The fourth-order valence-corrected chi connectivity index (χ4v) is 3.40. The standard InChI is InChI=1S/C20H22N4O4/c1-28-17-8-3-2-6-15(17)16-7-4-5-9-24(16)20(27)19(26)23-14-10-13(18(21)25)11-22-12-14/h2-3,6,8,10-12,16H,4-5,7,9H2,1H3,(H2,21,25)(H,23,26)/t16-/m0/s1. The van der Waals surface area contributed by atoms with E-state index in [2.05, 4.69) is 10.3 Å². The highest BCUT2D eigenvalue weighted by Crippen LogP contribution is 2.36. The maximum atomic E-state index is 12.9. The highest BCUT2D eigenvalue weighted by atomic mass is 16.5. The number of ether oxygens (including phenoxy) is 1. The largest absolute Gasteiger partial charge is 0.496 e. The fourth-order valence-electron chi connectivity index (χ4n) is 3.40. The molecule has 0 aliphatic carbocycles. The van der Waals surface area contributed by atoms with Gasteiger partial charge in [0.1, 0.15) is 5.75 Å². The summed E-state index contributed by atoms with van der Waals surface area (Å²) in [7, 11) is 1.58. The van der Waals surface area contributed by atoms with Crippen molar-refractivity contribution in [1.82, 2.24) is 9.88 Å². The lowest BCUT2D eigenvalue weighted by atomic mass is 9.94. The van der Waals surface area contributed by atoms with Gasteiger partial charge in [0.25, 0.3) is 0 Å². The minimum absolute atomic E-state index is 0.148. The Morgan fingerprint density at radius 2 is 2.00 bits per heavy atom. The number of benzene rings is 1. The molecule has 2 heterocycles. The number of hydrogen-bond acceptors (Lipinski definition) is 5. The molecule has 8 heteroatoms. The third-order valence-electron chi connectivity index (χ3n) is 4.74. The summed E-state index contributed by atoms with van der Waals surface area (Å²) < 4.78 is 5.43. The van der Waals surface area contributed by atoms with E-state index in [0.29, 0.717) is 12.3 Å². The van der Waals surface area contributed by atoms with E-state index < -0.39 is 17.7 Å². The summed E-state index contributed by atoms with van der Waals surface area (Å²) in [5, 5.41) is 2.50. The molecule has 1 fully saturated rings. The maximum absolute atomic E-state index is 12.9. The first-order valence-electron chi connectivity index (χ1n) is 9.01. The van der Waals surface area contributed by atoms with Gasteiger partial charge in [-0.2, -0.15) is 0 Å². The van der Waals surface area contributed by atoms with Gasteiger partial charge in [-0.25, -0.2) is 0 Å². The van der Waals surface area contributed by atoms with Crippen LogP contribution >= 0.6 is 0 Å². The number of amides is 3. The zero-order valence-electron chi connectivity index (χ0n) is 15.6. The van der Waals surface area contributed by atoms with Gasteiger partial charge in [-0.05, 0) is 31.4 Å². The van der Waals surface area contributed by atoms with Gasteiger partial charge in [0.05, 0.1) is 30.6 Å². The maximum Gasteiger partial charge on any atom is 0.313 e. The number of rotatable bonds is 4. The lowest BCUT2D eigenvalue weighted by Gasteiger charge is -2.36. The number of nitrogens with zero attached hydrogens (tertiary/aromatic N) is 2. The van der Waals surface area contributed by atoms with Crippen molar-refractivity contribution in [2.75, 3.05) is 19.0 Å². The van der Waals surface area contributed by atoms with Crippen molar-refractivity contribution in [3.8, 4) is 5.75 Å². The molecule has 146 valence electrons. The SMILES string of the molecule is COc1ccccc1[C@@H]1CCCCN1C(=O)C(=O)Nc1cncc(C(N)=O)c1. The van der Waals surface area contributed by atoms with Gasteiger partial charge in [0.2, 0.25) is 5.91 Å². The third kappa shape index (κ3) is 4.11. The van der Waals surface area contributed by atoms with E-state index in [1.165, 1.54) is 18.5 Å². The molecular weight excluding hydrogens is 360 g/mol. The Labute approximate surface area is 162 Å². The van der Waals surface area contributed by atoms with Gasteiger partial charge < -0.3 is 20.7 Å². The topological polar surface area (TPSA) is 115 Å². The van der Waals surface area contributed by atoms with E-state index in [1.54, 1.807) is 12.0 Å². The number of carbonyl (C=O) groups is 3. The van der Waals surface area contributed by atoms with Crippen molar-refractivity contribution in [2.24, 2.45) is 5.73 Å². The molecule has 28 heavy (non-hydrogen) atoms. The summed E-state index contributed by atoms with van der Waals surface area (Å²) in [5.74, 6) is -1.40. The number of primary amides is 1. The molecule has 3 rings (SSSR count). The van der Waals surface area contributed by atoms with E-state index >= 15 is 0 Å². The van der Waals surface area contributed by atoms with Crippen LogP contribution in [0.15, 0.2) is 42.7 Å². The molecule has 1 saturated heterocycles. The van der Waals surface area contributed by atoms with Crippen LogP contribution in [-0.2, 0) is 9.59 Å². The molecule has 3 N–H and O–H groups in total. The van der Waals surface area contributed by atoms with E-state index in [-0.39, 0.29) is 17.3 Å². The predicted octanol–water partition coefficient (Wildman–Crippen LogP) is 1.88. The lowest BCUT2D eigenvalue weighted by Crippen LogP contribution is -2.44. The van der Waals surface area contributed by atoms with E-state index in [9.17, 15) is 14.4 Å². The highest BCUT2D eigenvalue weighted by Gasteiger charge is 2.33. The van der Waals surface area contributed by atoms with Gasteiger partial charge in [0.15, 0.2) is 0 Å². The molecule has 0 saturated carbocycles. The first-order chi connectivity index (χ1) is 13.5. The van der Waals surface area contributed by atoms with Crippen molar-refractivity contribution in [1.29, 1.82) is 0 Å². The molecule has 1 atom stereocenters. The molecule has 1 aromatic heterocycles. The third-order valence-corrected chi connectivity index (χ3v) is 4.74. The van der Waals surface area contributed by atoms with Crippen molar-refractivity contribution < 1.29 is 19.1 Å². The normalized spacial score (nSPS) is 16.3. The van der Waals surface area contributed by atoms with Gasteiger partial charge >= 0.3 is 11.8 Å². The predicted molar refractivity (Wildman–Crippen MR) is 103 cm³/mol. The van der Waals surface area contributed by atoms with Crippen molar-refractivity contribution in [2.45, 2.75) is 25.3 Å². The van der Waals surface area contributed by atoms with Crippen LogP contribution in [-0.4, -0.2) is 41.3 Å². The number of anilines is 1. The van der Waals surface area contributed by atoms with Crippen LogP contribution in [0.25, 0.3) is 0 Å². The average Bonchev–Trinajstić information content (AvgIpc) is 2.73. The monoisotopic (exact) mass is 382 g/mol. The summed E-state index contributed by atoms with van der Waals surface area (Å²) in [6.45, 7) is 0.481. The fraction of sp³-hybridized carbons (Fsp3) is 0.300. The lowest BCUT2D eigenvalue weighted by molar-refractivity contribution is -0.145. The Hall–Kier alpha value is -3.42. The second-order valence-electron chi connectivity index (χ2n) is 6.53. The minimum atomic E-state index is -0.787. The van der Waals surface area contributed by atoms with Gasteiger partial charge in [-0.3, -0.25) is 19.4 Å². The molecule has 1 aliphatic rings. The number of aromatic nitrogens is 1. The number of likely N-dealkylation sites (tertiary alicyclic amines) is 1. The van der Waals surface area contributed by atoms with Crippen LogP contribution in [0.3, 0.4) is 0 Å². The van der Waals surface area contributed by atoms with Crippen molar-refractivity contribution >= 4 is 23.4 Å². The Morgan fingerprint density at radius 3 is 2.75 bits per heavy atom. The number of piperidine rings is 1. The van der Waals surface area contributed by atoms with E-state index in [0.717, 1.165) is 24.8 Å². The molecule has 1 aliphatic heterocycles. The number of pyridine rings is 1. The zero-order chi connectivity index (χ0) is 20.1. The highest BCUT2D eigenvalue weighted by molar-refractivity contribution is 6.39. The molecule has 1 aromatic carbocycles. The quantitative estimate of drug-likeness (QED) is 0.784. The van der Waals surface area contributed by atoms with Crippen molar-refractivity contribution in [3.63, 3.8) is 0 Å². The van der Waals surface area contributed by atoms with E-state index in [4.69, 9.17) is 10.5 Å². The smallest absolute Gasteiger partial charge is 0.313 e. The summed E-state index contributed by atoms with van der Waals surface area (Å²) >= 11 is 0. The molecule has 0 radical (unpaired) electrons. The van der Waals surface area contributed by atoms with Gasteiger partial charge in [-0.15, -0.1) is 0 Å².